The second-order valence-corrected chi connectivity index (χ2v) is 4.31. The number of carbonyl (C=O) groups is 2. The van der Waals surface area contributed by atoms with Crippen molar-refractivity contribution in [2.45, 2.75) is 25.3 Å². The average molecular weight is 280 g/mol. The molecule has 0 saturated carbocycles. The molecule has 1 amide bonds. The zero-order valence-electron chi connectivity index (χ0n) is 11.2. The zero-order chi connectivity index (χ0) is 15.0. The van der Waals surface area contributed by atoms with Crippen LogP contribution in [0.15, 0.2) is 30.3 Å². The summed E-state index contributed by atoms with van der Waals surface area (Å²) >= 11 is 0. The Kier molecular flexibility index (Phi) is 6.65. The number of hydrogen-bond acceptors (Lipinski definition) is 5. The zero-order valence-corrected chi connectivity index (χ0v) is 11.2. The van der Waals surface area contributed by atoms with Crippen LogP contribution in [-0.2, 0) is 4.79 Å². The molecule has 1 aromatic rings. The Morgan fingerprint density at radius 1 is 1.25 bits per heavy atom. The average Bonchev–Trinajstić information content (AvgIpc) is 2.47. The predicted molar refractivity (Wildman–Crippen MR) is 74.3 cm³/mol. The summed E-state index contributed by atoms with van der Waals surface area (Å²) in [6.07, 6.45) is 1.59. The Balaban J connectivity index is 2.84. The summed E-state index contributed by atoms with van der Waals surface area (Å²) in [4.78, 5) is 23.6. The molecule has 1 atom stereocenters. The highest BCUT2D eigenvalue weighted by Crippen LogP contribution is 2.11. The molecular weight excluding hydrogens is 260 g/mol. The predicted octanol–water partition coefficient (Wildman–Crippen LogP) is 0.0893. The molecule has 0 spiro atoms. The molecule has 6 N–H and O–H groups in total. The van der Waals surface area contributed by atoms with E-state index in [9.17, 15) is 14.7 Å². The van der Waals surface area contributed by atoms with Gasteiger partial charge in [-0.25, -0.2) is 9.80 Å². The van der Waals surface area contributed by atoms with Crippen LogP contribution in [0.2, 0.25) is 0 Å². The maximum atomic E-state index is 12.2. The largest absolute Gasteiger partial charge is 0.480 e. The molecule has 0 aliphatic carbocycles. The standard InChI is InChI=1S/C13H20N4O3/c14-9-5-4-8-11(13(19)20)17(16-15)12(18)10-6-2-1-3-7-10/h1-3,6-7,11,16H,4-5,8-9,14-15H2,(H,19,20)/t11-/m0/s1. The molecule has 7 nitrogen and oxygen atoms in total. The lowest BCUT2D eigenvalue weighted by molar-refractivity contribution is -0.143. The number of carboxylic acid groups (broad SMARTS) is 1. The number of aliphatic carboxylic acids is 1. The van der Waals surface area contributed by atoms with Gasteiger partial charge in [0.05, 0.1) is 0 Å². The van der Waals surface area contributed by atoms with Crippen LogP contribution in [0.4, 0.5) is 0 Å². The van der Waals surface area contributed by atoms with Crippen LogP contribution >= 0.6 is 0 Å². The molecule has 0 aromatic heterocycles. The highest BCUT2D eigenvalue weighted by atomic mass is 16.4. The number of carbonyl (C=O) groups excluding carboxylic acids is 1. The van der Waals surface area contributed by atoms with Crippen molar-refractivity contribution in [3.63, 3.8) is 0 Å². The Labute approximate surface area is 117 Å². The van der Waals surface area contributed by atoms with E-state index in [1.807, 2.05) is 0 Å². The van der Waals surface area contributed by atoms with E-state index in [-0.39, 0.29) is 6.42 Å². The molecule has 1 rings (SSSR count). The van der Waals surface area contributed by atoms with Crippen molar-refractivity contribution in [2.75, 3.05) is 6.54 Å². The number of benzene rings is 1. The van der Waals surface area contributed by atoms with Gasteiger partial charge < -0.3 is 10.8 Å². The van der Waals surface area contributed by atoms with E-state index >= 15 is 0 Å². The van der Waals surface area contributed by atoms with Crippen LogP contribution in [0.1, 0.15) is 29.6 Å². The maximum Gasteiger partial charge on any atom is 0.328 e. The number of rotatable bonds is 8. The first kappa shape index (κ1) is 16.1. The van der Waals surface area contributed by atoms with Gasteiger partial charge in [-0.05, 0) is 37.9 Å². The van der Waals surface area contributed by atoms with Crippen molar-refractivity contribution in [1.82, 2.24) is 10.5 Å². The SMILES string of the molecule is NCCCC[C@@H](C(=O)O)N(NN)C(=O)c1ccccc1. The van der Waals surface area contributed by atoms with Crippen molar-refractivity contribution in [3.05, 3.63) is 35.9 Å². The van der Waals surface area contributed by atoms with Crippen molar-refractivity contribution in [3.8, 4) is 0 Å². The van der Waals surface area contributed by atoms with Gasteiger partial charge in [0.15, 0.2) is 0 Å². The van der Waals surface area contributed by atoms with E-state index in [2.05, 4.69) is 5.53 Å². The Morgan fingerprint density at radius 3 is 2.40 bits per heavy atom. The van der Waals surface area contributed by atoms with Crippen molar-refractivity contribution < 1.29 is 14.7 Å². The van der Waals surface area contributed by atoms with Gasteiger partial charge in [0.25, 0.3) is 5.91 Å². The van der Waals surface area contributed by atoms with Crippen LogP contribution in [0.25, 0.3) is 0 Å². The minimum Gasteiger partial charge on any atom is -0.480 e. The third-order valence-electron chi connectivity index (χ3n) is 2.91. The fourth-order valence-corrected chi connectivity index (χ4v) is 1.85. The molecule has 0 aliphatic heterocycles. The van der Waals surface area contributed by atoms with Gasteiger partial charge in [-0.3, -0.25) is 10.6 Å². The third-order valence-corrected chi connectivity index (χ3v) is 2.91. The van der Waals surface area contributed by atoms with Crippen molar-refractivity contribution in [1.29, 1.82) is 0 Å². The number of unbranched alkanes of at least 4 members (excludes halogenated alkanes) is 1. The van der Waals surface area contributed by atoms with Crippen molar-refractivity contribution in [2.24, 2.45) is 11.6 Å². The van der Waals surface area contributed by atoms with Gasteiger partial charge in [-0.15, -0.1) is 0 Å². The van der Waals surface area contributed by atoms with Gasteiger partial charge >= 0.3 is 5.97 Å². The smallest absolute Gasteiger partial charge is 0.328 e. The van der Waals surface area contributed by atoms with E-state index in [0.29, 0.717) is 24.9 Å². The van der Waals surface area contributed by atoms with Gasteiger partial charge in [-0.1, -0.05) is 18.2 Å². The molecule has 0 radical (unpaired) electrons. The summed E-state index contributed by atoms with van der Waals surface area (Å²) in [7, 11) is 0. The minimum atomic E-state index is -1.11. The van der Waals surface area contributed by atoms with E-state index in [1.165, 1.54) is 0 Å². The Hall–Kier alpha value is -1.96. The van der Waals surface area contributed by atoms with Crippen LogP contribution in [0.3, 0.4) is 0 Å². The summed E-state index contributed by atoms with van der Waals surface area (Å²) in [5, 5.41) is 10.2. The second kappa shape index (κ2) is 8.26. The van der Waals surface area contributed by atoms with E-state index in [4.69, 9.17) is 11.6 Å². The lowest BCUT2D eigenvalue weighted by Gasteiger charge is -2.27. The fraction of sp³-hybridized carbons (Fsp3) is 0.385. The molecular formula is C13H20N4O3. The number of nitrogens with zero attached hydrogens (tertiary/aromatic N) is 1. The topological polar surface area (TPSA) is 122 Å². The Bertz CT molecular complexity index is 439. The Morgan fingerprint density at radius 2 is 1.90 bits per heavy atom. The fourth-order valence-electron chi connectivity index (χ4n) is 1.85. The lowest BCUT2D eigenvalue weighted by Crippen LogP contribution is -2.55. The van der Waals surface area contributed by atoms with Gasteiger partial charge in [0.1, 0.15) is 6.04 Å². The number of carboxylic acids is 1. The molecule has 0 fully saturated rings. The molecule has 20 heavy (non-hydrogen) atoms. The second-order valence-electron chi connectivity index (χ2n) is 4.31. The molecule has 0 saturated heterocycles. The monoisotopic (exact) mass is 280 g/mol. The number of nitrogens with two attached hydrogens (primary N) is 2. The van der Waals surface area contributed by atoms with Crippen LogP contribution < -0.4 is 17.1 Å². The lowest BCUT2D eigenvalue weighted by atomic mass is 10.1. The number of hydrogen-bond donors (Lipinski definition) is 4. The maximum absolute atomic E-state index is 12.2. The van der Waals surface area contributed by atoms with Gasteiger partial charge in [0.2, 0.25) is 0 Å². The quantitative estimate of drug-likeness (QED) is 0.304. The molecule has 0 heterocycles. The van der Waals surface area contributed by atoms with Crippen LogP contribution in [-0.4, -0.2) is 34.6 Å². The summed E-state index contributed by atoms with van der Waals surface area (Å²) in [6.45, 7) is 0.481. The normalized spacial score (nSPS) is 11.9. The molecule has 0 bridgehead atoms. The third kappa shape index (κ3) is 4.30. The summed E-state index contributed by atoms with van der Waals surface area (Å²) in [5.41, 5.74) is 7.93. The summed E-state index contributed by atoms with van der Waals surface area (Å²) in [5.74, 6) is 3.74. The number of nitrogens with one attached hydrogen (secondary N) is 1. The highest BCUT2D eigenvalue weighted by molar-refractivity contribution is 5.96. The number of hydrazine groups is 2. The first-order chi connectivity index (χ1) is 9.61. The van der Waals surface area contributed by atoms with E-state index in [1.54, 1.807) is 30.3 Å². The number of amides is 1. The molecule has 0 aliphatic rings. The minimum absolute atomic E-state index is 0.287. The van der Waals surface area contributed by atoms with Gasteiger partial charge in [-0.2, -0.15) is 5.53 Å². The van der Waals surface area contributed by atoms with E-state index < -0.39 is 17.9 Å². The van der Waals surface area contributed by atoms with Crippen molar-refractivity contribution >= 4 is 11.9 Å². The van der Waals surface area contributed by atoms with Crippen LogP contribution in [0, 0.1) is 0 Å². The van der Waals surface area contributed by atoms with E-state index in [0.717, 1.165) is 5.01 Å². The van der Waals surface area contributed by atoms with Crippen LogP contribution in [0.5, 0.6) is 0 Å². The summed E-state index contributed by atoms with van der Waals surface area (Å²) in [6, 6.07) is 7.35. The molecule has 110 valence electrons. The highest BCUT2D eigenvalue weighted by Gasteiger charge is 2.29. The first-order valence-corrected chi connectivity index (χ1v) is 6.39. The summed E-state index contributed by atoms with van der Waals surface area (Å²) < 4.78 is 0. The molecule has 0 unspecified atom stereocenters. The molecule has 7 heteroatoms. The van der Waals surface area contributed by atoms with Gasteiger partial charge in [0, 0.05) is 5.56 Å². The molecule has 1 aromatic carbocycles. The first-order valence-electron chi connectivity index (χ1n) is 6.39.